The number of aryl methyl sites for hydroxylation is 2. The van der Waals surface area contributed by atoms with E-state index in [1.807, 2.05) is 65.5 Å². The molecule has 0 bridgehead atoms. The van der Waals surface area contributed by atoms with E-state index in [-0.39, 0.29) is 0 Å². The lowest BCUT2D eigenvalue weighted by Gasteiger charge is -2.10. The van der Waals surface area contributed by atoms with Crippen molar-refractivity contribution in [3.8, 4) is 22.7 Å². The number of imidazole rings is 1. The molecule has 0 saturated carbocycles. The second kappa shape index (κ2) is 7.68. The minimum absolute atomic E-state index is 0.580. The van der Waals surface area contributed by atoms with E-state index in [2.05, 4.69) is 33.2 Å². The van der Waals surface area contributed by atoms with Gasteiger partial charge in [0, 0.05) is 23.9 Å². The van der Waals surface area contributed by atoms with Crippen LogP contribution < -0.4 is 4.74 Å². The number of benzene rings is 2. The van der Waals surface area contributed by atoms with E-state index in [0.717, 1.165) is 39.6 Å². The summed E-state index contributed by atoms with van der Waals surface area (Å²) in [5, 5.41) is 4.75. The van der Waals surface area contributed by atoms with Gasteiger partial charge >= 0.3 is 0 Å². The Morgan fingerprint density at radius 2 is 1.77 bits per heavy atom. The lowest BCUT2D eigenvalue weighted by atomic mass is 10.1. The van der Waals surface area contributed by atoms with Gasteiger partial charge in [0.1, 0.15) is 5.75 Å². The summed E-state index contributed by atoms with van der Waals surface area (Å²) < 4.78 is 9.41. The van der Waals surface area contributed by atoms with Crippen molar-refractivity contribution >= 4 is 5.78 Å². The molecule has 0 amide bonds. The van der Waals surface area contributed by atoms with E-state index in [9.17, 15) is 0 Å². The van der Waals surface area contributed by atoms with E-state index in [1.54, 1.807) is 13.4 Å². The molecule has 0 fully saturated rings. The number of aromatic nitrogens is 6. The van der Waals surface area contributed by atoms with E-state index in [1.165, 1.54) is 0 Å². The van der Waals surface area contributed by atoms with Crippen LogP contribution in [0.3, 0.4) is 0 Å². The highest BCUT2D eigenvalue weighted by Crippen LogP contribution is 2.26. The molecule has 7 nitrogen and oxygen atoms in total. The molecule has 0 aliphatic carbocycles. The summed E-state index contributed by atoms with van der Waals surface area (Å²) in [6, 6.07) is 18.3. The summed E-state index contributed by atoms with van der Waals surface area (Å²) in [7, 11) is 1.67. The molecular weight excluding hydrogens is 388 g/mol. The SMILES string of the molecule is COc1cc(Cc2nc3nc(C)cc(-c4ccccc4)n3n2)ccc1-n1cnc(C)c1. The summed E-state index contributed by atoms with van der Waals surface area (Å²) in [6.07, 6.45) is 4.34. The second-order valence-electron chi connectivity index (χ2n) is 7.49. The first-order valence-corrected chi connectivity index (χ1v) is 10.1. The molecule has 0 N–H and O–H groups in total. The van der Waals surface area contributed by atoms with Crippen LogP contribution in [-0.2, 0) is 6.42 Å². The van der Waals surface area contributed by atoms with Crippen LogP contribution in [0.15, 0.2) is 67.1 Å². The monoisotopic (exact) mass is 410 g/mol. The van der Waals surface area contributed by atoms with Crippen LogP contribution in [0.4, 0.5) is 0 Å². The number of hydrogen-bond donors (Lipinski definition) is 0. The molecule has 0 radical (unpaired) electrons. The third kappa shape index (κ3) is 3.66. The standard InChI is InChI=1S/C24H22N6O/c1-16-11-21(19-7-5-4-6-8-19)30-24(26-16)27-23(28-30)13-18-9-10-20(22(12-18)31-3)29-14-17(2)25-15-29/h4-12,14-15H,13H2,1-3H3. The Morgan fingerprint density at radius 3 is 2.52 bits per heavy atom. The molecule has 3 heterocycles. The van der Waals surface area contributed by atoms with Gasteiger partial charge in [0.05, 0.1) is 30.5 Å². The number of methoxy groups -OCH3 is 1. The fraction of sp³-hybridized carbons (Fsp3) is 0.167. The lowest BCUT2D eigenvalue weighted by Crippen LogP contribution is -1.99. The minimum Gasteiger partial charge on any atom is -0.495 e. The van der Waals surface area contributed by atoms with Crippen molar-refractivity contribution in [2.45, 2.75) is 20.3 Å². The van der Waals surface area contributed by atoms with Gasteiger partial charge in [0.25, 0.3) is 5.78 Å². The highest BCUT2D eigenvalue weighted by atomic mass is 16.5. The van der Waals surface area contributed by atoms with Crippen molar-refractivity contribution in [3.63, 3.8) is 0 Å². The van der Waals surface area contributed by atoms with Gasteiger partial charge in [-0.1, -0.05) is 36.4 Å². The van der Waals surface area contributed by atoms with Crippen molar-refractivity contribution in [3.05, 3.63) is 89.9 Å². The number of ether oxygens (including phenoxy) is 1. The zero-order valence-electron chi connectivity index (χ0n) is 17.6. The predicted octanol–water partition coefficient (Wildman–Crippen LogP) is 4.19. The summed E-state index contributed by atoms with van der Waals surface area (Å²) in [6.45, 7) is 3.94. The molecule has 2 aromatic carbocycles. The van der Waals surface area contributed by atoms with Gasteiger partial charge < -0.3 is 9.30 Å². The molecule has 5 rings (SSSR count). The van der Waals surface area contributed by atoms with Crippen LogP contribution in [0.2, 0.25) is 0 Å². The average Bonchev–Trinajstić information content (AvgIpc) is 3.39. The van der Waals surface area contributed by atoms with Gasteiger partial charge in [0.2, 0.25) is 0 Å². The van der Waals surface area contributed by atoms with Crippen LogP contribution in [0.1, 0.15) is 22.8 Å². The topological polar surface area (TPSA) is 70.1 Å². The van der Waals surface area contributed by atoms with Gasteiger partial charge in [-0.05, 0) is 37.6 Å². The van der Waals surface area contributed by atoms with Crippen molar-refractivity contribution in [2.24, 2.45) is 0 Å². The predicted molar refractivity (Wildman–Crippen MR) is 119 cm³/mol. The fourth-order valence-corrected chi connectivity index (χ4v) is 3.70. The van der Waals surface area contributed by atoms with Gasteiger partial charge in [0.15, 0.2) is 5.82 Å². The third-order valence-electron chi connectivity index (χ3n) is 5.15. The molecule has 0 aliphatic rings. The van der Waals surface area contributed by atoms with Crippen LogP contribution in [0.25, 0.3) is 22.7 Å². The van der Waals surface area contributed by atoms with Gasteiger partial charge in [-0.3, -0.25) is 0 Å². The normalized spacial score (nSPS) is 11.2. The molecule has 0 aliphatic heterocycles. The summed E-state index contributed by atoms with van der Waals surface area (Å²) >= 11 is 0. The molecule has 0 atom stereocenters. The summed E-state index contributed by atoms with van der Waals surface area (Å²) in [5.41, 5.74) is 5.93. The molecular formula is C24H22N6O. The molecule has 0 spiro atoms. The first-order chi connectivity index (χ1) is 15.1. The van der Waals surface area contributed by atoms with E-state index in [0.29, 0.717) is 18.0 Å². The molecule has 31 heavy (non-hydrogen) atoms. The van der Waals surface area contributed by atoms with Gasteiger partial charge in [-0.15, -0.1) is 5.10 Å². The van der Waals surface area contributed by atoms with Crippen molar-refractivity contribution in [1.82, 2.24) is 29.1 Å². The van der Waals surface area contributed by atoms with E-state index < -0.39 is 0 Å². The Balaban J connectivity index is 1.51. The maximum atomic E-state index is 5.63. The van der Waals surface area contributed by atoms with Crippen molar-refractivity contribution < 1.29 is 4.74 Å². The molecule has 3 aromatic heterocycles. The highest BCUT2D eigenvalue weighted by Gasteiger charge is 2.13. The smallest absolute Gasteiger partial charge is 0.253 e. The number of fused-ring (bicyclic) bond motifs is 1. The number of hydrogen-bond acceptors (Lipinski definition) is 5. The fourth-order valence-electron chi connectivity index (χ4n) is 3.70. The first-order valence-electron chi connectivity index (χ1n) is 10.1. The highest BCUT2D eigenvalue weighted by molar-refractivity contribution is 5.62. The van der Waals surface area contributed by atoms with Crippen LogP contribution in [0.5, 0.6) is 5.75 Å². The molecule has 0 saturated heterocycles. The Bertz CT molecular complexity index is 1370. The molecule has 0 unspecified atom stereocenters. The zero-order chi connectivity index (χ0) is 21.4. The minimum atomic E-state index is 0.580. The lowest BCUT2D eigenvalue weighted by molar-refractivity contribution is 0.412. The molecule has 7 heteroatoms. The summed E-state index contributed by atoms with van der Waals surface area (Å²) in [5.74, 6) is 2.09. The Hall–Kier alpha value is -4.00. The average molecular weight is 410 g/mol. The maximum absolute atomic E-state index is 5.63. The van der Waals surface area contributed by atoms with Crippen LogP contribution in [-0.4, -0.2) is 36.2 Å². The van der Waals surface area contributed by atoms with Crippen molar-refractivity contribution in [1.29, 1.82) is 0 Å². The quantitative estimate of drug-likeness (QED) is 0.434. The third-order valence-corrected chi connectivity index (χ3v) is 5.15. The summed E-state index contributed by atoms with van der Waals surface area (Å²) in [4.78, 5) is 13.5. The molecule has 5 aromatic rings. The Labute approximate surface area is 180 Å². The maximum Gasteiger partial charge on any atom is 0.253 e. The van der Waals surface area contributed by atoms with Gasteiger partial charge in [-0.2, -0.15) is 9.50 Å². The molecule has 154 valence electrons. The van der Waals surface area contributed by atoms with Gasteiger partial charge in [-0.25, -0.2) is 9.97 Å². The first kappa shape index (κ1) is 19.0. The number of nitrogens with zero attached hydrogens (tertiary/aromatic N) is 6. The second-order valence-corrected chi connectivity index (χ2v) is 7.49. The van der Waals surface area contributed by atoms with E-state index in [4.69, 9.17) is 9.84 Å². The van der Waals surface area contributed by atoms with E-state index >= 15 is 0 Å². The number of rotatable bonds is 5. The van der Waals surface area contributed by atoms with Crippen LogP contribution >= 0.6 is 0 Å². The van der Waals surface area contributed by atoms with Crippen molar-refractivity contribution in [2.75, 3.05) is 7.11 Å². The Morgan fingerprint density at radius 1 is 0.935 bits per heavy atom. The zero-order valence-corrected chi connectivity index (χ0v) is 17.6. The largest absolute Gasteiger partial charge is 0.495 e. The Kier molecular flexibility index (Phi) is 4.71. The van der Waals surface area contributed by atoms with Crippen LogP contribution in [0, 0.1) is 13.8 Å².